The summed E-state index contributed by atoms with van der Waals surface area (Å²) in [5.74, 6) is 1.02. The maximum absolute atomic E-state index is 5.91. The SMILES string of the molecule is CN(Cc1nccn1C)C(CN)c1cncc(Br)c1. The van der Waals surface area contributed by atoms with Crippen molar-refractivity contribution in [3.63, 3.8) is 0 Å². The van der Waals surface area contributed by atoms with E-state index < -0.39 is 0 Å². The van der Waals surface area contributed by atoms with Crippen LogP contribution in [-0.2, 0) is 13.6 Å². The zero-order chi connectivity index (χ0) is 13.8. The van der Waals surface area contributed by atoms with Gasteiger partial charge in [-0.05, 0) is 34.6 Å². The number of nitrogens with zero attached hydrogens (tertiary/aromatic N) is 4. The Morgan fingerprint density at radius 3 is 2.84 bits per heavy atom. The van der Waals surface area contributed by atoms with Gasteiger partial charge in [0.25, 0.3) is 0 Å². The van der Waals surface area contributed by atoms with E-state index in [9.17, 15) is 0 Å². The third kappa shape index (κ3) is 3.40. The first-order valence-corrected chi connectivity index (χ1v) is 6.88. The molecule has 0 saturated carbocycles. The molecule has 0 aliphatic rings. The lowest BCUT2D eigenvalue weighted by Crippen LogP contribution is -2.31. The number of likely N-dealkylation sites (N-methyl/N-ethyl adjacent to an activating group) is 1. The van der Waals surface area contributed by atoms with Crippen LogP contribution in [0.3, 0.4) is 0 Å². The smallest absolute Gasteiger partial charge is 0.122 e. The molecule has 0 amide bonds. The summed E-state index contributed by atoms with van der Waals surface area (Å²) >= 11 is 3.44. The van der Waals surface area contributed by atoms with E-state index in [-0.39, 0.29) is 6.04 Å². The van der Waals surface area contributed by atoms with Crippen LogP contribution in [0.4, 0.5) is 0 Å². The van der Waals surface area contributed by atoms with Gasteiger partial charge in [0.1, 0.15) is 5.82 Å². The molecule has 2 aromatic rings. The summed E-state index contributed by atoms with van der Waals surface area (Å²) in [6.07, 6.45) is 7.38. The van der Waals surface area contributed by atoms with Crippen LogP contribution in [-0.4, -0.2) is 33.0 Å². The van der Waals surface area contributed by atoms with E-state index in [1.165, 1.54) is 0 Å². The number of hydrogen-bond donors (Lipinski definition) is 1. The van der Waals surface area contributed by atoms with Crippen molar-refractivity contribution >= 4 is 15.9 Å². The molecule has 6 heteroatoms. The molecule has 5 nitrogen and oxygen atoms in total. The minimum atomic E-state index is 0.127. The van der Waals surface area contributed by atoms with Crippen LogP contribution in [0.5, 0.6) is 0 Å². The second-order valence-electron chi connectivity index (χ2n) is 4.56. The maximum Gasteiger partial charge on any atom is 0.122 e. The molecule has 2 N–H and O–H groups in total. The Bertz CT molecular complexity index is 539. The van der Waals surface area contributed by atoms with Gasteiger partial charge in [0.05, 0.1) is 6.54 Å². The largest absolute Gasteiger partial charge is 0.337 e. The molecule has 0 aromatic carbocycles. The first-order valence-electron chi connectivity index (χ1n) is 6.08. The summed E-state index contributed by atoms with van der Waals surface area (Å²) in [6, 6.07) is 2.18. The van der Waals surface area contributed by atoms with Crippen molar-refractivity contribution in [1.29, 1.82) is 0 Å². The highest BCUT2D eigenvalue weighted by molar-refractivity contribution is 9.10. The van der Waals surface area contributed by atoms with Gasteiger partial charge in [0.2, 0.25) is 0 Å². The first-order chi connectivity index (χ1) is 9.11. The van der Waals surface area contributed by atoms with Crippen LogP contribution < -0.4 is 5.73 Å². The Morgan fingerprint density at radius 2 is 2.26 bits per heavy atom. The van der Waals surface area contributed by atoms with E-state index in [0.717, 1.165) is 22.4 Å². The summed E-state index contributed by atoms with van der Waals surface area (Å²) in [7, 11) is 4.04. The van der Waals surface area contributed by atoms with Crippen molar-refractivity contribution < 1.29 is 0 Å². The summed E-state index contributed by atoms with van der Waals surface area (Å²) < 4.78 is 2.98. The topological polar surface area (TPSA) is 60.0 Å². The molecule has 0 bridgehead atoms. The van der Waals surface area contributed by atoms with E-state index in [1.807, 2.05) is 31.1 Å². The Balaban J connectivity index is 2.15. The van der Waals surface area contributed by atoms with Crippen molar-refractivity contribution in [3.8, 4) is 0 Å². The molecular formula is C13H18BrN5. The summed E-state index contributed by atoms with van der Waals surface area (Å²) in [6.45, 7) is 1.29. The lowest BCUT2D eigenvalue weighted by atomic mass is 10.1. The van der Waals surface area contributed by atoms with E-state index in [2.05, 4.69) is 36.9 Å². The highest BCUT2D eigenvalue weighted by Crippen LogP contribution is 2.21. The van der Waals surface area contributed by atoms with E-state index in [0.29, 0.717) is 6.54 Å². The average Bonchev–Trinajstić information content (AvgIpc) is 2.76. The van der Waals surface area contributed by atoms with Crippen molar-refractivity contribution in [2.24, 2.45) is 12.8 Å². The van der Waals surface area contributed by atoms with Crippen LogP contribution in [0.2, 0.25) is 0 Å². The minimum absolute atomic E-state index is 0.127. The fourth-order valence-electron chi connectivity index (χ4n) is 2.06. The molecule has 1 atom stereocenters. The molecule has 0 aliphatic heterocycles. The molecule has 0 radical (unpaired) electrons. The number of imidazole rings is 1. The highest BCUT2D eigenvalue weighted by Gasteiger charge is 2.17. The summed E-state index contributed by atoms with van der Waals surface area (Å²) in [4.78, 5) is 10.7. The predicted octanol–water partition coefficient (Wildman–Crippen LogP) is 1.71. The Labute approximate surface area is 121 Å². The predicted molar refractivity (Wildman–Crippen MR) is 78.4 cm³/mol. The summed E-state index contributed by atoms with van der Waals surface area (Å²) in [5.41, 5.74) is 7.02. The third-order valence-electron chi connectivity index (χ3n) is 3.18. The molecule has 0 fully saturated rings. The summed E-state index contributed by atoms with van der Waals surface area (Å²) in [5, 5.41) is 0. The van der Waals surface area contributed by atoms with Crippen molar-refractivity contribution in [1.82, 2.24) is 19.4 Å². The van der Waals surface area contributed by atoms with Gasteiger partial charge in [-0.3, -0.25) is 9.88 Å². The van der Waals surface area contributed by atoms with Gasteiger partial charge in [0, 0.05) is 48.9 Å². The van der Waals surface area contributed by atoms with Gasteiger partial charge in [-0.15, -0.1) is 0 Å². The van der Waals surface area contributed by atoms with Gasteiger partial charge >= 0.3 is 0 Å². The molecule has 1 unspecified atom stereocenters. The molecule has 2 rings (SSSR count). The standard InChI is InChI=1S/C13H18BrN5/c1-18-4-3-17-13(18)9-19(2)12(6-15)10-5-11(14)8-16-7-10/h3-5,7-8,12H,6,9,15H2,1-2H3. The van der Waals surface area contributed by atoms with E-state index in [4.69, 9.17) is 5.73 Å². The second kappa shape index (κ2) is 6.27. The lowest BCUT2D eigenvalue weighted by molar-refractivity contribution is 0.233. The van der Waals surface area contributed by atoms with Crippen LogP contribution in [0.25, 0.3) is 0 Å². The third-order valence-corrected chi connectivity index (χ3v) is 3.61. The van der Waals surface area contributed by atoms with Crippen LogP contribution in [0.1, 0.15) is 17.4 Å². The van der Waals surface area contributed by atoms with Crippen LogP contribution >= 0.6 is 15.9 Å². The lowest BCUT2D eigenvalue weighted by Gasteiger charge is -2.26. The van der Waals surface area contributed by atoms with Gasteiger partial charge < -0.3 is 10.3 Å². The number of aromatic nitrogens is 3. The fraction of sp³-hybridized carbons (Fsp3) is 0.385. The average molecular weight is 324 g/mol. The molecule has 102 valence electrons. The Kier molecular flexibility index (Phi) is 4.68. The van der Waals surface area contributed by atoms with Gasteiger partial charge in [-0.25, -0.2) is 4.98 Å². The molecule has 0 saturated heterocycles. The molecular weight excluding hydrogens is 306 g/mol. The van der Waals surface area contributed by atoms with E-state index in [1.54, 1.807) is 12.4 Å². The molecule has 0 aliphatic carbocycles. The fourth-order valence-corrected chi connectivity index (χ4v) is 2.45. The molecule has 19 heavy (non-hydrogen) atoms. The van der Waals surface area contributed by atoms with Crippen LogP contribution in [0.15, 0.2) is 35.3 Å². The molecule has 0 spiro atoms. The molecule has 2 aromatic heterocycles. The van der Waals surface area contributed by atoms with Gasteiger partial charge in [-0.1, -0.05) is 0 Å². The Morgan fingerprint density at radius 1 is 1.47 bits per heavy atom. The normalized spacial score (nSPS) is 12.9. The molecule has 2 heterocycles. The number of nitrogens with two attached hydrogens (primary N) is 1. The first kappa shape index (κ1) is 14.2. The Hall–Kier alpha value is -1.24. The van der Waals surface area contributed by atoms with Gasteiger partial charge in [0.15, 0.2) is 0 Å². The van der Waals surface area contributed by atoms with Crippen LogP contribution in [0, 0.1) is 0 Å². The zero-order valence-electron chi connectivity index (χ0n) is 11.1. The number of aryl methyl sites for hydroxylation is 1. The van der Waals surface area contributed by atoms with Crippen molar-refractivity contribution in [2.45, 2.75) is 12.6 Å². The number of hydrogen-bond acceptors (Lipinski definition) is 4. The second-order valence-corrected chi connectivity index (χ2v) is 5.47. The number of rotatable bonds is 5. The van der Waals surface area contributed by atoms with Gasteiger partial charge in [-0.2, -0.15) is 0 Å². The minimum Gasteiger partial charge on any atom is -0.337 e. The highest BCUT2D eigenvalue weighted by atomic mass is 79.9. The zero-order valence-corrected chi connectivity index (χ0v) is 12.7. The van der Waals surface area contributed by atoms with E-state index >= 15 is 0 Å². The maximum atomic E-state index is 5.91. The quantitative estimate of drug-likeness (QED) is 0.910. The van der Waals surface area contributed by atoms with Crippen molar-refractivity contribution in [2.75, 3.05) is 13.6 Å². The number of pyridine rings is 1. The monoisotopic (exact) mass is 323 g/mol. The van der Waals surface area contributed by atoms with Crippen molar-refractivity contribution in [3.05, 3.63) is 46.7 Å². The number of halogens is 1.